The molecule has 0 aliphatic heterocycles. The fourth-order valence-electron chi connectivity index (χ4n) is 6.85. The van der Waals surface area contributed by atoms with Crippen molar-refractivity contribution in [2.24, 2.45) is 0 Å². The van der Waals surface area contributed by atoms with Gasteiger partial charge in [-0.3, -0.25) is 0 Å². The normalized spacial score (nSPS) is 11.6. The molecule has 0 saturated carbocycles. The third kappa shape index (κ3) is 4.05. The first-order valence-electron chi connectivity index (χ1n) is 15.3. The number of aromatic nitrogens is 1. The van der Waals surface area contributed by atoms with Crippen LogP contribution in [0.4, 0.5) is 17.1 Å². The Bertz CT molecular complexity index is 2470. The van der Waals surface area contributed by atoms with E-state index in [9.17, 15) is 0 Å². The van der Waals surface area contributed by atoms with E-state index in [-0.39, 0.29) is 0 Å². The Kier molecular flexibility index (Phi) is 5.82. The minimum atomic E-state index is 0.873. The van der Waals surface area contributed by atoms with Gasteiger partial charge in [0, 0.05) is 50.2 Å². The van der Waals surface area contributed by atoms with E-state index < -0.39 is 0 Å². The standard InChI is InChI=1S/C42H28N2O/c1-4-14-29(15-5-1)41-37(26-27-38-42(41)35-21-10-12-22-36(35)44(38)31-18-8-3-9-19-31)43(30-16-6-2-7-17-30)32-24-25-34-33-20-11-13-23-39(33)45-40(34)28-32/h1-28H. The van der Waals surface area contributed by atoms with Crippen LogP contribution in [0.1, 0.15) is 0 Å². The molecule has 0 saturated heterocycles. The number of para-hydroxylation sites is 4. The van der Waals surface area contributed by atoms with E-state index in [4.69, 9.17) is 4.42 Å². The van der Waals surface area contributed by atoms with Crippen LogP contribution in [-0.4, -0.2) is 4.57 Å². The van der Waals surface area contributed by atoms with Crippen molar-refractivity contribution >= 4 is 60.8 Å². The predicted molar refractivity (Wildman–Crippen MR) is 188 cm³/mol. The van der Waals surface area contributed by atoms with E-state index in [0.717, 1.165) is 44.7 Å². The highest BCUT2D eigenvalue weighted by Crippen LogP contribution is 2.48. The van der Waals surface area contributed by atoms with Gasteiger partial charge in [0.05, 0.1) is 16.7 Å². The summed E-state index contributed by atoms with van der Waals surface area (Å²) in [7, 11) is 0. The molecule has 0 radical (unpaired) electrons. The summed E-state index contributed by atoms with van der Waals surface area (Å²) < 4.78 is 8.76. The van der Waals surface area contributed by atoms with Gasteiger partial charge in [-0.15, -0.1) is 0 Å². The quantitative estimate of drug-likeness (QED) is 0.203. The van der Waals surface area contributed by atoms with Crippen molar-refractivity contribution in [1.29, 1.82) is 0 Å². The molecule has 0 unspecified atom stereocenters. The van der Waals surface area contributed by atoms with E-state index in [2.05, 4.69) is 167 Å². The van der Waals surface area contributed by atoms with Gasteiger partial charge in [-0.05, 0) is 66.2 Å². The van der Waals surface area contributed by atoms with Crippen molar-refractivity contribution in [3.8, 4) is 16.8 Å². The van der Waals surface area contributed by atoms with E-state index in [1.807, 2.05) is 12.1 Å². The molecule has 3 nitrogen and oxygen atoms in total. The Labute approximate surface area is 260 Å². The Morgan fingerprint density at radius 3 is 1.89 bits per heavy atom. The minimum Gasteiger partial charge on any atom is -0.456 e. The highest BCUT2D eigenvalue weighted by atomic mass is 16.3. The summed E-state index contributed by atoms with van der Waals surface area (Å²) in [6, 6.07) is 60.2. The molecule has 0 spiro atoms. The van der Waals surface area contributed by atoms with Gasteiger partial charge in [0.25, 0.3) is 0 Å². The minimum absolute atomic E-state index is 0.873. The number of anilines is 3. The number of furan rings is 1. The van der Waals surface area contributed by atoms with Crippen molar-refractivity contribution < 1.29 is 4.42 Å². The summed E-state index contributed by atoms with van der Waals surface area (Å²) in [5, 5.41) is 4.69. The summed E-state index contributed by atoms with van der Waals surface area (Å²) in [4.78, 5) is 2.36. The number of nitrogens with zero attached hydrogens (tertiary/aromatic N) is 2. The lowest BCUT2D eigenvalue weighted by molar-refractivity contribution is 0.669. The number of benzene rings is 7. The molecule has 0 aliphatic rings. The van der Waals surface area contributed by atoms with Crippen LogP contribution >= 0.6 is 0 Å². The van der Waals surface area contributed by atoms with Gasteiger partial charge in [-0.1, -0.05) is 103 Å². The molecule has 0 fully saturated rings. The molecule has 9 aromatic rings. The molecule has 7 aromatic carbocycles. The van der Waals surface area contributed by atoms with Crippen LogP contribution in [0.15, 0.2) is 174 Å². The summed E-state index contributed by atoms with van der Waals surface area (Å²) in [6.07, 6.45) is 0. The molecule has 9 rings (SSSR count). The predicted octanol–water partition coefficient (Wildman–Crippen LogP) is 11.8. The second-order valence-corrected chi connectivity index (χ2v) is 11.4. The summed E-state index contributed by atoms with van der Waals surface area (Å²) >= 11 is 0. The topological polar surface area (TPSA) is 21.3 Å². The first kappa shape index (κ1) is 25.4. The first-order chi connectivity index (χ1) is 22.3. The van der Waals surface area contributed by atoms with Gasteiger partial charge in [0.2, 0.25) is 0 Å². The zero-order valence-corrected chi connectivity index (χ0v) is 24.5. The van der Waals surface area contributed by atoms with Crippen LogP contribution in [0.2, 0.25) is 0 Å². The summed E-state index contributed by atoms with van der Waals surface area (Å²) in [5.74, 6) is 0. The molecule has 0 aliphatic carbocycles. The largest absolute Gasteiger partial charge is 0.456 e. The van der Waals surface area contributed by atoms with Crippen LogP contribution in [0.25, 0.3) is 60.6 Å². The van der Waals surface area contributed by atoms with E-state index in [1.54, 1.807) is 0 Å². The van der Waals surface area contributed by atoms with Gasteiger partial charge >= 0.3 is 0 Å². The van der Waals surface area contributed by atoms with Gasteiger partial charge in [0.15, 0.2) is 0 Å². The number of hydrogen-bond acceptors (Lipinski definition) is 2. The van der Waals surface area contributed by atoms with Crippen molar-refractivity contribution in [2.75, 3.05) is 4.90 Å². The lowest BCUT2D eigenvalue weighted by Crippen LogP contribution is -2.11. The molecule has 212 valence electrons. The molecule has 45 heavy (non-hydrogen) atoms. The third-order valence-corrected chi connectivity index (χ3v) is 8.77. The average Bonchev–Trinajstić information content (AvgIpc) is 3.65. The molecule has 0 atom stereocenters. The molecular formula is C42H28N2O. The molecule has 3 heteroatoms. The molecule has 0 N–H and O–H groups in total. The van der Waals surface area contributed by atoms with E-state index in [0.29, 0.717) is 0 Å². The molecule has 2 aromatic heterocycles. The second-order valence-electron chi connectivity index (χ2n) is 11.4. The van der Waals surface area contributed by atoms with Crippen LogP contribution in [0.5, 0.6) is 0 Å². The van der Waals surface area contributed by atoms with Crippen LogP contribution < -0.4 is 4.90 Å². The maximum atomic E-state index is 6.38. The fourth-order valence-corrected chi connectivity index (χ4v) is 6.85. The zero-order chi connectivity index (χ0) is 29.7. The molecule has 0 bridgehead atoms. The third-order valence-electron chi connectivity index (χ3n) is 8.77. The van der Waals surface area contributed by atoms with Crippen molar-refractivity contribution in [3.05, 3.63) is 170 Å². The highest BCUT2D eigenvalue weighted by Gasteiger charge is 2.24. The summed E-state index contributed by atoms with van der Waals surface area (Å²) in [5.41, 5.74) is 10.8. The van der Waals surface area contributed by atoms with Gasteiger partial charge in [-0.2, -0.15) is 0 Å². The average molecular weight is 577 g/mol. The molecular weight excluding hydrogens is 548 g/mol. The molecule has 0 amide bonds. The van der Waals surface area contributed by atoms with Crippen molar-refractivity contribution in [3.63, 3.8) is 0 Å². The van der Waals surface area contributed by atoms with Crippen LogP contribution in [0, 0.1) is 0 Å². The number of rotatable bonds is 5. The summed E-state index contributed by atoms with van der Waals surface area (Å²) in [6.45, 7) is 0. The Hall–Kier alpha value is -6.06. The lowest BCUT2D eigenvalue weighted by atomic mass is 9.96. The highest BCUT2D eigenvalue weighted by molar-refractivity contribution is 6.19. The van der Waals surface area contributed by atoms with Crippen molar-refractivity contribution in [1.82, 2.24) is 4.57 Å². The number of hydrogen-bond donors (Lipinski definition) is 0. The smallest absolute Gasteiger partial charge is 0.137 e. The van der Waals surface area contributed by atoms with Gasteiger partial charge < -0.3 is 13.9 Å². The molecule has 2 heterocycles. The maximum absolute atomic E-state index is 6.38. The van der Waals surface area contributed by atoms with E-state index >= 15 is 0 Å². The fraction of sp³-hybridized carbons (Fsp3) is 0. The lowest BCUT2D eigenvalue weighted by Gasteiger charge is -2.28. The first-order valence-corrected chi connectivity index (χ1v) is 15.3. The number of fused-ring (bicyclic) bond motifs is 6. The second kappa shape index (κ2) is 10.3. The Balaban J connectivity index is 1.39. The van der Waals surface area contributed by atoms with Crippen LogP contribution in [0.3, 0.4) is 0 Å². The maximum Gasteiger partial charge on any atom is 0.137 e. The van der Waals surface area contributed by atoms with Crippen LogP contribution in [-0.2, 0) is 0 Å². The zero-order valence-electron chi connectivity index (χ0n) is 24.5. The van der Waals surface area contributed by atoms with Crippen molar-refractivity contribution in [2.45, 2.75) is 0 Å². The van der Waals surface area contributed by atoms with Gasteiger partial charge in [-0.25, -0.2) is 0 Å². The Morgan fingerprint density at radius 2 is 1.09 bits per heavy atom. The monoisotopic (exact) mass is 576 g/mol. The SMILES string of the molecule is c1ccc(-c2c(N(c3ccccc3)c3ccc4c(c3)oc3ccccc34)ccc3c2c2ccccc2n3-c2ccccc2)cc1. The Morgan fingerprint density at radius 1 is 0.444 bits per heavy atom. The van der Waals surface area contributed by atoms with Gasteiger partial charge in [0.1, 0.15) is 11.2 Å². The van der Waals surface area contributed by atoms with E-state index in [1.165, 1.54) is 32.9 Å².